The molecule has 1 aliphatic rings. The minimum Gasteiger partial charge on any atom is -0.508 e. The zero-order valence-corrected chi connectivity index (χ0v) is 18.4. The number of hydrogen-bond donors (Lipinski definition) is 2. The average Bonchev–Trinajstić information content (AvgIpc) is 3.11. The summed E-state index contributed by atoms with van der Waals surface area (Å²) < 4.78 is 7.42. The molecule has 0 aliphatic heterocycles. The van der Waals surface area contributed by atoms with Crippen molar-refractivity contribution in [2.45, 2.75) is 39.2 Å². The van der Waals surface area contributed by atoms with Gasteiger partial charge in [-0.25, -0.2) is 4.79 Å². The van der Waals surface area contributed by atoms with E-state index in [1.807, 2.05) is 30.3 Å². The van der Waals surface area contributed by atoms with Crippen molar-refractivity contribution in [1.29, 1.82) is 0 Å². The molecule has 0 radical (unpaired) electrons. The molecule has 2 N–H and O–H groups in total. The maximum atomic E-state index is 10.6. The first-order valence-electron chi connectivity index (χ1n) is 11.2. The van der Waals surface area contributed by atoms with Gasteiger partial charge in [-0.15, -0.1) is 0 Å². The van der Waals surface area contributed by atoms with E-state index in [-0.39, 0.29) is 12.4 Å². The summed E-state index contributed by atoms with van der Waals surface area (Å²) in [4.78, 5) is 10.6. The van der Waals surface area contributed by atoms with Crippen LogP contribution < -0.4 is 0 Å². The second-order valence-corrected chi connectivity index (χ2v) is 8.70. The summed E-state index contributed by atoms with van der Waals surface area (Å²) in [5.41, 5.74) is 5.12. The van der Waals surface area contributed by atoms with Gasteiger partial charge in [-0.05, 0) is 62.1 Å². The molecule has 6 heteroatoms. The second-order valence-electron chi connectivity index (χ2n) is 8.70. The van der Waals surface area contributed by atoms with Crippen molar-refractivity contribution in [2.75, 3.05) is 13.2 Å². The Morgan fingerprint density at radius 2 is 1.72 bits per heavy atom. The maximum Gasteiger partial charge on any atom is 0.329 e. The summed E-state index contributed by atoms with van der Waals surface area (Å²) in [6, 6.07) is 17.5. The number of carboxylic acid groups (broad SMARTS) is 1. The summed E-state index contributed by atoms with van der Waals surface area (Å²) in [7, 11) is 0. The van der Waals surface area contributed by atoms with Crippen LogP contribution in [0.5, 0.6) is 5.75 Å². The molecule has 1 aromatic heterocycles. The van der Waals surface area contributed by atoms with Crippen molar-refractivity contribution < 1.29 is 19.7 Å². The normalized spacial score (nSPS) is 18.5. The first kappa shape index (κ1) is 22.1. The van der Waals surface area contributed by atoms with Gasteiger partial charge in [0.15, 0.2) is 0 Å². The Morgan fingerprint density at radius 3 is 2.41 bits per heavy atom. The first-order valence-corrected chi connectivity index (χ1v) is 11.2. The van der Waals surface area contributed by atoms with Crippen LogP contribution >= 0.6 is 0 Å². The Hall–Kier alpha value is -3.12. The molecule has 168 valence electrons. The third kappa shape index (κ3) is 5.19. The highest BCUT2D eigenvalue weighted by Crippen LogP contribution is 2.37. The molecule has 0 amide bonds. The quantitative estimate of drug-likeness (QED) is 0.513. The van der Waals surface area contributed by atoms with E-state index in [0.29, 0.717) is 18.4 Å². The van der Waals surface area contributed by atoms with Crippen LogP contribution in [0.15, 0.2) is 54.6 Å². The number of rotatable bonds is 8. The van der Waals surface area contributed by atoms with E-state index < -0.39 is 5.97 Å². The number of nitrogens with zero attached hydrogens (tertiary/aromatic N) is 2. The lowest BCUT2D eigenvalue weighted by molar-refractivity contribution is -0.142. The third-order valence-electron chi connectivity index (χ3n) is 6.37. The number of benzene rings is 2. The molecule has 0 unspecified atom stereocenters. The average molecular weight is 435 g/mol. The van der Waals surface area contributed by atoms with Gasteiger partial charge in [0.2, 0.25) is 0 Å². The molecule has 1 fully saturated rings. The predicted molar refractivity (Wildman–Crippen MR) is 123 cm³/mol. The fraction of sp³-hybridized carbons (Fsp3) is 0.385. The van der Waals surface area contributed by atoms with E-state index in [1.165, 1.54) is 0 Å². The van der Waals surface area contributed by atoms with Crippen molar-refractivity contribution in [2.24, 2.45) is 11.8 Å². The Labute approximate surface area is 188 Å². The number of carbonyl (C=O) groups is 1. The minimum absolute atomic E-state index is 0.216. The molecule has 1 aliphatic carbocycles. The topological polar surface area (TPSA) is 84.6 Å². The number of phenols is 1. The van der Waals surface area contributed by atoms with E-state index in [2.05, 4.69) is 23.7 Å². The lowest BCUT2D eigenvalue weighted by atomic mass is 9.82. The van der Waals surface area contributed by atoms with Gasteiger partial charge >= 0.3 is 5.97 Å². The van der Waals surface area contributed by atoms with Crippen LogP contribution in [0.2, 0.25) is 0 Å². The first-order chi connectivity index (χ1) is 15.5. The standard InChI is InChI=1S/C26H30N2O4/c1-18-25(22-8-5-9-23(29)14-22)26(21-6-3-2-4-7-21)27-28(18)15-19-10-12-20(13-11-19)16-32-17-24(30)31/h2-9,14,19-20,29H,10-13,15-17H2,1H3,(H,30,31)/t19-,20-. The van der Waals surface area contributed by atoms with E-state index >= 15 is 0 Å². The number of phenolic OH excluding ortho intramolecular Hbond substituents is 1. The van der Waals surface area contributed by atoms with Crippen LogP contribution in [0.25, 0.3) is 22.4 Å². The number of carboxylic acids is 1. The molecule has 2 aromatic carbocycles. The number of aromatic nitrogens is 2. The SMILES string of the molecule is Cc1c(-c2cccc(O)c2)c(-c2ccccc2)nn1C[C@H]1CC[C@H](COCC(=O)O)CC1. The van der Waals surface area contributed by atoms with Crippen molar-refractivity contribution in [1.82, 2.24) is 9.78 Å². The zero-order valence-electron chi connectivity index (χ0n) is 18.4. The highest BCUT2D eigenvalue weighted by Gasteiger charge is 2.25. The Bertz CT molecular complexity index is 1050. The van der Waals surface area contributed by atoms with Gasteiger partial charge in [0.25, 0.3) is 0 Å². The maximum absolute atomic E-state index is 10.6. The van der Waals surface area contributed by atoms with Crippen molar-refractivity contribution >= 4 is 5.97 Å². The van der Waals surface area contributed by atoms with Crippen molar-refractivity contribution in [3.05, 3.63) is 60.3 Å². The van der Waals surface area contributed by atoms with E-state index in [9.17, 15) is 9.90 Å². The molecule has 1 saturated carbocycles. The van der Waals surface area contributed by atoms with Gasteiger partial charge in [0, 0.05) is 23.4 Å². The van der Waals surface area contributed by atoms with Crippen LogP contribution in [0.1, 0.15) is 31.4 Å². The Morgan fingerprint density at radius 1 is 1.03 bits per heavy atom. The van der Waals surface area contributed by atoms with Crippen molar-refractivity contribution in [3.63, 3.8) is 0 Å². The van der Waals surface area contributed by atoms with Gasteiger partial charge in [0.05, 0.1) is 6.61 Å². The molecule has 0 bridgehead atoms. The zero-order chi connectivity index (χ0) is 22.5. The van der Waals surface area contributed by atoms with Gasteiger partial charge in [-0.2, -0.15) is 5.10 Å². The number of aliphatic carboxylic acids is 1. The monoisotopic (exact) mass is 434 g/mol. The van der Waals surface area contributed by atoms with Crippen molar-refractivity contribution in [3.8, 4) is 28.1 Å². The number of aromatic hydroxyl groups is 1. The lowest BCUT2D eigenvalue weighted by Crippen LogP contribution is -2.23. The van der Waals surface area contributed by atoms with Crippen LogP contribution in [-0.2, 0) is 16.1 Å². The van der Waals surface area contributed by atoms with Gasteiger partial charge < -0.3 is 14.9 Å². The van der Waals surface area contributed by atoms with E-state index in [1.54, 1.807) is 12.1 Å². The summed E-state index contributed by atoms with van der Waals surface area (Å²) >= 11 is 0. The Balaban J connectivity index is 1.52. The van der Waals surface area contributed by atoms with Gasteiger partial charge in [-0.1, -0.05) is 42.5 Å². The van der Waals surface area contributed by atoms with Crippen LogP contribution in [0.4, 0.5) is 0 Å². The smallest absolute Gasteiger partial charge is 0.329 e. The lowest BCUT2D eigenvalue weighted by Gasteiger charge is -2.28. The fourth-order valence-corrected chi connectivity index (χ4v) is 4.67. The molecule has 6 nitrogen and oxygen atoms in total. The van der Waals surface area contributed by atoms with Gasteiger partial charge in [0.1, 0.15) is 18.1 Å². The third-order valence-corrected chi connectivity index (χ3v) is 6.37. The molecule has 4 rings (SSSR count). The van der Waals surface area contributed by atoms with Gasteiger partial charge in [-0.3, -0.25) is 4.68 Å². The fourth-order valence-electron chi connectivity index (χ4n) is 4.67. The summed E-state index contributed by atoms with van der Waals surface area (Å²) in [6.07, 6.45) is 4.27. The largest absolute Gasteiger partial charge is 0.508 e. The highest BCUT2D eigenvalue weighted by molar-refractivity contribution is 5.83. The summed E-state index contributed by atoms with van der Waals surface area (Å²) in [5.74, 6) is 0.304. The highest BCUT2D eigenvalue weighted by atomic mass is 16.5. The molecule has 0 saturated heterocycles. The molecule has 32 heavy (non-hydrogen) atoms. The van der Waals surface area contributed by atoms with Crippen LogP contribution in [0.3, 0.4) is 0 Å². The summed E-state index contributed by atoms with van der Waals surface area (Å²) in [5, 5.41) is 23.8. The van der Waals surface area contributed by atoms with E-state index in [4.69, 9.17) is 14.9 Å². The summed E-state index contributed by atoms with van der Waals surface area (Å²) in [6.45, 7) is 3.27. The van der Waals surface area contributed by atoms with Crippen LogP contribution in [0, 0.1) is 18.8 Å². The Kier molecular flexibility index (Phi) is 6.90. The molecule has 1 heterocycles. The predicted octanol–water partition coefficient (Wildman–Crippen LogP) is 5.14. The molecular formula is C26H30N2O4. The van der Waals surface area contributed by atoms with Crippen LogP contribution in [-0.4, -0.2) is 39.2 Å². The molecule has 0 atom stereocenters. The number of ether oxygens (including phenoxy) is 1. The molecule has 3 aromatic rings. The second kappa shape index (κ2) is 10.0. The number of hydrogen-bond acceptors (Lipinski definition) is 4. The molecule has 0 spiro atoms. The molecular weight excluding hydrogens is 404 g/mol. The van der Waals surface area contributed by atoms with E-state index in [0.717, 1.165) is 60.3 Å². The minimum atomic E-state index is -0.912.